The number of aromatic nitrogens is 2. The van der Waals surface area contributed by atoms with Gasteiger partial charge in [-0.1, -0.05) is 18.5 Å². The van der Waals surface area contributed by atoms with E-state index >= 15 is 0 Å². The molecule has 8 heteroatoms. The molecule has 0 radical (unpaired) electrons. The zero-order valence-corrected chi connectivity index (χ0v) is 17.3. The molecule has 7 nitrogen and oxygen atoms in total. The number of amides is 1. The molecular formula is C22H20ClN3O4. The molecule has 0 fully saturated rings. The van der Waals surface area contributed by atoms with E-state index in [4.69, 9.17) is 16.3 Å². The van der Waals surface area contributed by atoms with Crippen molar-refractivity contribution in [2.45, 2.75) is 20.3 Å². The van der Waals surface area contributed by atoms with Crippen LogP contribution in [0, 0.1) is 6.92 Å². The van der Waals surface area contributed by atoms with Gasteiger partial charge in [0.2, 0.25) is 5.43 Å². The second-order valence-corrected chi connectivity index (χ2v) is 6.99. The Hall–Kier alpha value is -3.45. The third-order valence-corrected chi connectivity index (χ3v) is 4.46. The number of ether oxygens (including phenoxy) is 1. The number of nitrogens with one attached hydrogen (secondary N) is 1. The summed E-state index contributed by atoms with van der Waals surface area (Å²) in [4.78, 5) is 36.8. The van der Waals surface area contributed by atoms with Crippen molar-refractivity contribution in [1.82, 2.24) is 9.78 Å². The van der Waals surface area contributed by atoms with Crippen molar-refractivity contribution < 1.29 is 14.3 Å². The van der Waals surface area contributed by atoms with Crippen LogP contribution in [0.15, 0.2) is 59.4 Å². The Balaban J connectivity index is 1.81. The molecule has 0 atom stereocenters. The molecule has 3 aromatic rings. The number of benzene rings is 2. The lowest BCUT2D eigenvalue weighted by Crippen LogP contribution is -2.26. The third-order valence-electron chi connectivity index (χ3n) is 4.21. The van der Waals surface area contributed by atoms with E-state index < -0.39 is 17.3 Å². The van der Waals surface area contributed by atoms with Crippen LogP contribution in [0.3, 0.4) is 0 Å². The first-order valence-corrected chi connectivity index (χ1v) is 9.72. The minimum absolute atomic E-state index is 0.248. The van der Waals surface area contributed by atoms with Gasteiger partial charge in [-0.3, -0.25) is 9.59 Å². The third kappa shape index (κ3) is 4.93. The van der Waals surface area contributed by atoms with Crippen molar-refractivity contribution in [1.29, 1.82) is 0 Å². The lowest BCUT2D eigenvalue weighted by atomic mass is 10.2. The Morgan fingerprint density at radius 3 is 2.40 bits per heavy atom. The minimum Gasteiger partial charge on any atom is -0.462 e. The van der Waals surface area contributed by atoms with Crippen molar-refractivity contribution in [3.63, 3.8) is 0 Å². The Labute approximate surface area is 178 Å². The molecule has 0 saturated heterocycles. The fourth-order valence-electron chi connectivity index (χ4n) is 2.71. The molecule has 1 amide bonds. The molecular weight excluding hydrogens is 406 g/mol. The summed E-state index contributed by atoms with van der Waals surface area (Å²) >= 11 is 5.92. The summed E-state index contributed by atoms with van der Waals surface area (Å²) in [5.74, 6) is -1.08. The Kier molecular flexibility index (Phi) is 6.64. The zero-order chi connectivity index (χ0) is 21.7. The first-order valence-electron chi connectivity index (χ1n) is 9.34. The predicted molar refractivity (Wildman–Crippen MR) is 115 cm³/mol. The monoisotopic (exact) mass is 425 g/mol. The smallest absolute Gasteiger partial charge is 0.338 e. The zero-order valence-electron chi connectivity index (χ0n) is 16.5. The lowest BCUT2D eigenvalue weighted by molar-refractivity contribution is 0.0505. The van der Waals surface area contributed by atoms with Crippen molar-refractivity contribution >= 4 is 29.2 Å². The number of carbonyl (C=O) groups is 2. The van der Waals surface area contributed by atoms with Crippen LogP contribution in [0.2, 0.25) is 5.02 Å². The normalized spacial score (nSPS) is 10.5. The molecule has 30 heavy (non-hydrogen) atoms. The molecule has 0 aliphatic rings. The van der Waals surface area contributed by atoms with Crippen molar-refractivity contribution in [2.75, 3.05) is 11.9 Å². The van der Waals surface area contributed by atoms with Gasteiger partial charge in [0.25, 0.3) is 5.91 Å². The largest absolute Gasteiger partial charge is 0.462 e. The highest BCUT2D eigenvalue weighted by molar-refractivity contribution is 6.30. The maximum Gasteiger partial charge on any atom is 0.338 e. The number of rotatable bonds is 6. The first kappa shape index (κ1) is 21.3. The molecule has 2 aromatic carbocycles. The Bertz CT molecular complexity index is 1120. The quantitative estimate of drug-likeness (QED) is 0.602. The van der Waals surface area contributed by atoms with Crippen molar-refractivity contribution in [3.8, 4) is 5.69 Å². The van der Waals surface area contributed by atoms with Gasteiger partial charge in [-0.15, -0.1) is 0 Å². The highest BCUT2D eigenvalue weighted by atomic mass is 35.5. The first-order chi connectivity index (χ1) is 14.4. The fraction of sp³-hybridized carbons (Fsp3) is 0.182. The molecule has 154 valence electrons. The average Bonchev–Trinajstić information content (AvgIpc) is 2.73. The van der Waals surface area contributed by atoms with Crippen LogP contribution in [-0.4, -0.2) is 28.3 Å². The van der Waals surface area contributed by atoms with Gasteiger partial charge in [0, 0.05) is 22.5 Å². The predicted octanol–water partition coefficient (Wildman–Crippen LogP) is 4.01. The molecule has 0 spiro atoms. The second kappa shape index (κ2) is 9.37. The summed E-state index contributed by atoms with van der Waals surface area (Å²) < 4.78 is 6.57. The standard InChI is InChI=1S/C22H20ClN3O4/c1-3-12-30-22(29)15-4-8-17(9-5-15)24-21(28)20-19(27)13-14(2)26(25-20)18-10-6-16(23)7-11-18/h4-11,13H,3,12H2,1-2H3,(H,24,28). The van der Waals surface area contributed by atoms with Gasteiger partial charge in [0.15, 0.2) is 5.69 Å². The summed E-state index contributed by atoms with van der Waals surface area (Å²) in [6.07, 6.45) is 0.733. The van der Waals surface area contributed by atoms with Gasteiger partial charge in [-0.2, -0.15) is 5.10 Å². The van der Waals surface area contributed by atoms with E-state index in [1.54, 1.807) is 55.5 Å². The van der Waals surface area contributed by atoms with E-state index in [0.29, 0.717) is 34.3 Å². The van der Waals surface area contributed by atoms with E-state index in [1.165, 1.54) is 10.7 Å². The van der Waals surface area contributed by atoms with Crippen LogP contribution in [-0.2, 0) is 4.74 Å². The van der Waals surface area contributed by atoms with Crippen molar-refractivity contribution in [2.24, 2.45) is 0 Å². The number of hydrogen-bond acceptors (Lipinski definition) is 5. The Morgan fingerprint density at radius 1 is 1.10 bits per heavy atom. The van der Waals surface area contributed by atoms with Gasteiger partial charge in [-0.25, -0.2) is 9.48 Å². The highest BCUT2D eigenvalue weighted by Gasteiger charge is 2.16. The summed E-state index contributed by atoms with van der Waals surface area (Å²) in [5.41, 5.74) is 1.30. The fourth-order valence-corrected chi connectivity index (χ4v) is 2.83. The number of halogens is 1. The van der Waals surface area contributed by atoms with E-state index in [-0.39, 0.29) is 5.69 Å². The van der Waals surface area contributed by atoms with E-state index in [1.807, 2.05) is 6.92 Å². The molecule has 1 heterocycles. The maximum atomic E-state index is 12.6. The molecule has 0 unspecified atom stereocenters. The van der Waals surface area contributed by atoms with Gasteiger partial charge < -0.3 is 10.1 Å². The van der Waals surface area contributed by atoms with Crippen LogP contribution in [0.5, 0.6) is 0 Å². The summed E-state index contributed by atoms with van der Waals surface area (Å²) in [6.45, 7) is 3.98. The highest BCUT2D eigenvalue weighted by Crippen LogP contribution is 2.15. The number of hydrogen-bond donors (Lipinski definition) is 1. The topological polar surface area (TPSA) is 90.3 Å². The summed E-state index contributed by atoms with van der Waals surface area (Å²) in [6, 6.07) is 14.4. The molecule has 1 aromatic heterocycles. The van der Waals surface area contributed by atoms with Crippen LogP contribution in [0.4, 0.5) is 5.69 Å². The van der Waals surface area contributed by atoms with Gasteiger partial charge >= 0.3 is 5.97 Å². The van der Waals surface area contributed by atoms with Crippen LogP contribution in [0.1, 0.15) is 39.9 Å². The number of nitrogens with zero attached hydrogens (tertiary/aromatic N) is 2. The summed E-state index contributed by atoms with van der Waals surface area (Å²) in [5, 5.41) is 7.42. The number of esters is 1. The summed E-state index contributed by atoms with van der Waals surface area (Å²) in [7, 11) is 0. The second-order valence-electron chi connectivity index (χ2n) is 6.55. The molecule has 0 aliphatic heterocycles. The van der Waals surface area contributed by atoms with E-state index in [9.17, 15) is 14.4 Å². The number of carbonyl (C=O) groups excluding carboxylic acids is 2. The number of anilines is 1. The van der Waals surface area contributed by atoms with Gasteiger partial charge in [0.1, 0.15) is 0 Å². The molecule has 0 saturated carbocycles. The van der Waals surface area contributed by atoms with E-state index in [0.717, 1.165) is 6.42 Å². The molecule has 3 rings (SSSR count). The van der Waals surface area contributed by atoms with Gasteiger partial charge in [-0.05, 0) is 61.9 Å². The van der Waals surface area contributed by atoms with Crippen LogP contribution < -0.4 is 10.7 Å². The van der Waals surface area contributed by atoms with Crippen LogP contribution >= 0.6 is 11.6 Å². The average molecular weight is 426 g/mol. The van der Waals surface area contributed by atoms with Gasteiger partial charge in [0.05, 0.1) is 17.9 Å². The molecule has 0 bridgehead atoms. The minimum atomic E-state index is -0.649. The van der Waals surface area contributed by atoms with Crippen LogP contribution in [0.25, 0.3) is 5.69 Å². The molecule has 0 aliphatic carbocycles. The lowest BCUT2D eigenvalue weighted by Gasteiger charge is -2.11. The Morgan fingerprint density at radius 2 is 1.77 bits per heavy atom. The van der Waals surface area contributed by atoms with Crippen molar-refractivity contribution in [3.05, 3.63) is 86.8 Å². The number of aryl methyl sites for hydroxylation is 1. The SMILES string of the molecule is CCCOC(=O)c1ccc(NC(=O)c2nn(-c3ccc(Cl)cc3)c(C)cc2=O)cc1. The maximum absolute atomic E-state index is 12.6. The molecule has 1 N–H and O–H groups in total. The van der Waals surface area contributed by atoms with E-state index in [2.05, 4.69) is 10.4 Å².